The quantitative estimate of drug-likeness (QED) is 0.863. The second kappa shape index (κ2) is 7.01. The standard InChI is InChI=1S/C18H17ClN2O3/c1-11(24-18(23)16-10-14(19)7-8-20-16)17(22)21-15-6-5-12-3-2-4-13(12)9-15/h5-11H,2-4H2,1H3,(H,21,22)/t11-/m1/s1. The van der Waals surface area contributed by atoms with Gasteiger partial charge in [-0.25, -0.2) is 9.78 Å². The van der Waals surface area contributed by atoms with Crippen molar-refractivity contribution in [3.63, 3.8) is 0 Å². The first-order chi connectivity index (χ1) is 11.5. The van der Waals surface area contributed by atoms with Crippen molar-refractivity contribution in [2.45, 2.75) is 32.3 Å². The highest BCUT2D eigenvalue weighted by Crippen LogP contribution is 2.25. The van der Waals surface area contributed by atoms with Gasteiger partial charge in [0.25, 0.3) is 5.91 Å². The number of fused-ring (bicyclic) bond motifs is 1. The number of carbonyl (C=O) groups excluding carboxylic acids is 2. The number of nitrogens with zero attached hydrogens (tertiary/aromatic N) is 1. The zero-order valence-electron chi connectivity index (χ0n) is 13.2. The summed E-state index contributed by atoms with van der Waals surface area (Å²) in [7, 11) is 0. The van der Waals surface area contributed by atoms with E-state index in [1.54, 1.807) is 6.07 Å². The minimum atomic E-state index is -0.938. The Morgan fingerprint density at radius 1 is 1.21 bits per heavy atom. The first-order valence-electron chi connectivity index (χ1n) is 7.78. The third-order valence-corrected chi connectivity index (χ3v) is 4.19. The van der Waals surface area contributed by atoms with Crippen LogP contribution in [0.2, 0.25) is 5.02 Å². The molecule has 0 bridgehead atoms. The molecular weight excluding hydrogens is 328 g/mol. The Morgan fingerprint density at radius 2 is 2.00 bits per heavy atom. The molecule has 0 saturated heterocycles. The fourth-order valence-corrected chi connectivity index (χ4v) is 2.84. The molecule has 1 heterocycles. The smallest absolute Gasteiger partial charge is 0.357 e. The Bertz CT molecular complexity index is 792. The van der Waals surface area contributed by atoms with E-state index in [1.807, 2.05) is 18.2 Å². The second-order valence-electron chi connectivity index (χ2n) is 5.73. The number of anilines is 1. The van der Waals surface area contributed by atoms with Crippen molar-refractivity contribution in [2.75, 3.05) is 5.32 Å². The molecule has 0 spiro atoms. The molecule has 0 saturated carbocycles. The van der Waals surface area contributed by atoms with Gasteiger partial charge < -0.3 is 10.1 Å². The van der Waals surface area contributed by atoms with Crippen molar-refractivity contribution in [3.8, 4) is 0 Å². The maximum absolute atomic E-state index is 12.2. The highest BCUT2D eigenvalue weighted by atomic mass is 35.5. The number of carbonyl (C=O) groups is 2. The van der Waals surface area contributed by atoms with Gasteiger partial charge in [0.1, 0.15) is 5.69 Å². The van der Waals surface area contributed by atoms with Gasteiger partial charge in [-0.3, -0.25) is 4.79 Å². The van der Waals surface area contributed by atoms with Gasteiger partial charge in [-0.1, -0.05) is 17.7 Å². The summed E-state index contributed by atoms with van der Waals surface area (Å²) in [6.07, 6.45) is 3.74. The maximum atomic E-state index is 12.2. The van der Waals surface area contributed by atoms with E-state index in [4.69, 9.17) is 16.3 Å². The highest BCUT2D eigenvalue weighted by molar-refractivity contribution is 6.30. The normalized spacial score (nSPS) is 13.9. The van der Waals surface area contributed by atoms with Crippen molar-refractivity contribution in [2.24, 2.45) is 0 Å². The molecule has 1 aromatic heterocycles. The molecule has 124 valence electrons. The lowest BCUT2D eigenvalue weighted by atomic mass is 10.1. The summed E-state index contributed by atoms with van der Waals surface area (Å²) in [5.41, 5.74) is 3.38. The zero-order valence-corrected chi connectivity index (χ0v) is 14.0. The Balaban J connectivity index is 1.61. The van der Waals surface area contributed by atoms with E-state index in [0.29, 0.717) is 10.7 Å². The fraction of sp³-hybridized carbons (Fsp3) is 0.278. The third-order valence-electron chi connectivity index (χ3n) is 3.95. The summed E-state index contributed by atoms with van der Waals surface area (Å²) >= 11 is 5.81. The molecule has 1 atom stereocenters. The number of aromatic nitrogens is 1. The van der Waals surface area contributed by atoms with Crippen molar-refractivity contribution in [1.29, 1.82) is 0 Å². The lowest BCUT2D eigenvalue weighted by molar-refractivity contribution is -0.123. The molecule has 2 aromatic rings. The number of hydrogen-bond acceptors (Lipinski definition) is 4. The van der Waals surface area contributed by atoms with E-state index in [0.717, 1.165) is 19.3 Å². The molecular formula is C18H17ClN2O3. The average molecular weight is 345 g/mol. The average Bonchev–Trinajstić information content (AvgIpc) is 3.02. The van der Waals surface area contributed by atoms with E-state index in [2.05, 4.69) is 10.3 Å². The van der Waals surface area contributed by atoms with Crippen LogP contribution in [0.3, 0.4) is 0 Å². The van der Waals surface area contributed by atoms with Gasteiger partial charge in [0, 0.05) is 16.9 Å². The Hall–Kier alpha value is -2.40. The maximum Gasteiger partial charge on any atom is 0.357 e. The first-order valence-corrected chi connectivity index (χ1v) is 8.16. The van der Waals surface area contributed by atoms with Crippen molar-refractivity contribution >= 4 is 29.2 Å². The van der Waals surface area contributed by atoms with E-state index >= 15 is 0 Å². The van der Waals surface area contributed by atoms with Crippen molar-refractivity contribution in [3.05, 3.63) is 58.4 Å². The number of amides is 1. The summed E-state index contributed by atoms with van der Waals surface area (Å²) in [5, 5.41) is 3.16. The number of ether oxygens (including phenoxy) is 1. The number of aryl methyl sites for hydroxylation is 2. The number of halogens is 1. The summed E-state index contributed by atoms with van der Waals surface area (Å²) in [6, 6.07) is 8.84. The van der Waals surface area contributed by atoms with Crippen molar-refractivity contribution < 1.29 is 14.3 Å². The largest absolute Gasteiger partial charge is 0.448 e. The third kappa shape index (κ3) is 3.74. The SMILES string of the molecule is C[C@@H](OC(=O)c1cc(Cl)ccn1)C(=O)Nc1ccc2c(c1)CCC2. The van der Waals surface area contributed by atoms with Crippen LogP contribution in [0.4, 0.5) is 5.69 Å². The van der Waals surface area contributed by atoms with Crippen LogP contribution in [0.1, 0.15) is 35.0 Å². The Morgan fingerprint density at radius 3 is 2.79 bits per heavy atom. The van der Waals surface area contributed by atoms with Gasteiger partial charge in [0.2, 0.25) is 0 Å². The molecule has 0 aliphatic heterocycles. The van der Waals surface area contributed by atoms with Gasteiger partial charge in [0.05, 0.1) is 0 Å². The van der Waals surface area contributed by atoms with Crippen LogP contribution in [0.15, 0.2) is 36.5 Å². The van der Waals surface area contributed by atoms with Gasteiger partial charge >= 0.3 is 5.97 Å². The van der Waals surface area contributed by atoms with Crippen molar-refractivity contribution in [1.82, 2.24) is 4.98 Å². The first kappa shape index (κ1) is 16.5. The minimum Gasteiger partial charge on any atom is -0.448 e. The molecule has 0 radical (unpaired) electrons. The highest BCUT2D eigenvalue weighted by Gasteiger charge is 2.20. The number of esters is 1. The van der Waals surface area contributed by atoms with Crippen LogP contribution < -0.4 is 5.32 Å². The molecule has 24 heavy (non-hydrogen) atoms. The van der Waals surface area contributed by atoms with Crippen LogP contribution in [-0.4, -0.2) is 23.0 Å². The molecule has 1 aliphatic rings. The predicted octanol–water partition coefficient (Wildman–Crippen LogP) is 3.41. The topological polar surface area (TPSA) is 68.3 Å². The summed E-state index contributed by atoms with van der Waals surface area (Å²) in [4.78, 5) is 28.1. The van der Waals surface area contributed by atoms with Gasteiger partial charge in [-0.05, 0) is 61.6 Å². The number of rotatable bonds is 4. The lowest BCUT2D eigenvalue weighted by Crippen LogP contribution is -2.30. The van der Waals surface area contributed by atoms with Gasteiger partial charge in [-0.2, -0.15) is 0 Å². The van der Waals surface area contributed by atoms with E-state index in [-0.39, 0.29) is 11.6 Å². The molecule has 3 rings (SSSR count). The van der Waals surface area contributed by atoms with Crippen LogP contribution >= 0.6 is 11.6 Å². The van der Waals surface area contributed by atoms with Gasteiger partial charge in [0.15, 0.2) is 6.10 Å². The number of hydrogen-bond donors (Lipinski definition) is 1. The molecule has 1 aromatic carbocycles. The molecule has 1 N–H and O–H groups in total. The fourth-order valence-electron chi connectivity index (χ4n) is 2.68. The van der Waals surface area contributed by atoms with Crippen LogP contribution in [0.5, 0.6) is 0 Å². The molecule has 1 amide bonds. The Kier molecular flexibility index (Phi) is 4.81. The Labute approximate surface area is 145 Å². The number of pyridine rings is 1. The molecule has 0 unspecified atom stereocenters. The molecule has 5 nitrogen and oxygen atoms in total. The van der Waals surface area contributed by atoms with Crippen LogP contribution in [0.25, 0.3) is 0 Å². The van der Waals surface area contributed by atoms with Crippen LogP contribution in [-0.2, 0) is 22.4 Å². The minimum absolute atomic E-state index is 0.0691. The summed E-state index contributed by atoms with van der Waals surface area (Å²) < 4.78 is 5.15. The monoisotopic (exact) mass is 344 g/mol. The zero-order chi connectivity index (χ0) is 17.1. The van der Waals surface area contributed by atoms with E-state index < -0.39 is 12.1 Å². The summed E-state index contributed by atoms with van der Waals surface area (Å²) in [5.74, 6) is -1.07. The van der Waals surface area contributed by atoms with Gasteiger partial charge in [-0.15, -0.1) is 0 Å². The van der Waals surface area contributed by atoms with E-state index in [1.165, 1.54) is 30.3 Å². The lowest BCUT2D eigenvalue weighted by Gasteiger charge is -2.14. The predicted molar refractivity (Wildman–Crippen MR) is 91.2 cm³/mol. The number of benzene rings is 1. The van der Waals surface area contributed by atoms with E-state index in [9.17, 15) is 9.59 Å². The summed E-state index contributed by atoms with van der Waals surface area (Å²) in [6.45, 7) is 1.52. The molecule has 0 fully saturated rings. The molecule has 1 aliphatic carbocycles. The molecule has 6 heteroatoms. The second-order valence-corrected chi connectivity index (χ2v) is 6.17. The number of nitrogens with one attached hydrogen (secondary N) is 1. The van der Waals surface area contributed by atoms with Crippen LogP contribution in [0, 0.1) is 0 Å².